The summed E-state index contributed by atoms with van der Waals surface area (Å²) >= 11 is 0. The van der Waals surface area contributed by atoms with Crippen molar-refractivity contribution in [3.8, 4) is 22.9 Å². The summed E-state index contributed by atoms with van der Waals surface area (Å²) in [6.45, 7) is 3.81. The fraction of sp³-hybridized carbons (Fsp3) is 0.0952. The number of hydrogen-bond donors (Lipinski definition) is 1. The lowest BCUT2D eigenvalue weighted by Crippen LogP contribution is -1.97. The van der Waals surface area contributed by atoms with Crippen LogP contribution in [0.2, 0.25) is 0 Å². The number of carbonyl (C=O) groups is 1. The van der Waals surface area contributed by atoms with Crippen LogP contribution in [0.25, 0.3) is 22.6 Å². The molecule has 0 radical (unpaired) electrons. The van der Waals surface area contributed by atoms with E-state index in [1.54, 1.807) is 10.7 Å². The van der Waals surface area contributed by atoms with Crippen molar-refractivity contribution in [1.82, 2.24) is 29.0 Å². The lowest BCUT2D eigenvalue weighted by molar-refractivity contribution is -0.122. The Hall–Kier alpha value is -4.27. The number of nitrogens with zero attached hydrogens (tertiary/aromatic N) is 6. The molecule has 0 aliphatic rings. The van der Waals surface area contributed by atoms with E-state index in [0.717, 1.165) is 33.8 Å². The molecule has 0 bridgehead atoms. The van der Waals surface area contributed by atoms with Crippen LogP contribution in [0.4, 0.5) is 0 Å². The number of aromatic nitrogens is 6. The monoisotopic (exact) mass is 402 g/mol. The Kier molecular flexibility index (Phi) is 5.08. The first-order valence-electron chi connectivity index (χ1n) is 9.07. The second kappa shape index (κ2) is 8.00. The summed E-state index contributed by atoms with van der Waals surface area (Å²) in [4.78, 5) is 21.5. The van der Waals surface area contributed by atoms with E-state index < -0.39 is 0 Å². The van der Waals surface area contributed by atoms with Gasteiger partial charge in [0.25, 0.3) is 6.47 Å². The van der Waals surface area contributed by atoms with E-state index in [9.17, 15) is 0 Å². The van der Waals surface area contributed by atoms with E-state index >= 15 is 0 Å². The summed E-state index contributed by atoms with van der Waals surface area (Å²) in [7, 11) is 0. The number of rotatable bonds is 3. The van der Waals surface area contributed by atoms with E-state index in [-0.39, 0.29) is 6.47 Å². The molecular weight excluding hydrogens is 384 g/mol. The van der Waals surface area contributed by atoms with Gasteiger partial charge in [-0.3, -0.25) is 9.20 Å². The van der Waals surface area contributed by atoms with Gasteiger partial charge in [0.15, 0.2) is 0 Å². The molecule has 150 valence electrons. The van der Waals surface area contributed by atoms with Gasteiger partial charge in [0.2, 0.25) is 11.7 Å². The van der Waals surface area contributed by atoms with Crippen molar-refractivity contribution in [2.75, 3.05) is 0 Å². The summed E-state index contributed by atoms with van der Waals surface area (Å²) in [6.07, 6.45) is 7.07. The fourth-order valence-electron chi connectivity index (χ4n) is 3.32. The third kappa shape index (κ3) is 3.44. The number of imidazole rings is 1. The second-order valence-corrected chi connectivity index (χ2v) is 6.42. The van der Waals surface area contributed by atoms with Gasteiger partial charge in [0, 0.05) is 24.2 Å². The highest BCUT2D eigenvalue weighted by atomic mass is 16.5. The molecule has 0 aliphatic carbocycles. The highest BCUT2D eigenvalue weighted by molar-refractivity contribution is 5.70. The van der Waals surface area contributed by atoms with E-state index in [2.05, 4.69) is 27.0 Å². The Morgan fingerprint density at radius 1 is 1.10 bits per heavy atom. The molecule has 0 saturated carbocycles. The molecule has 0 saturated heterocycles. The summed E-state index contributed by atoms with van der Waals surface area (Å²) < 4.78 is 9.76. The van der Waals surface area contributed by atoms with Crippen LogP contribution in [0.1, 0.15) is 11.3 Å². The minimum Gasteiger partial charge on any atom is -0.483 e. The first-order valence-corrected chi connectivity index (χ1v) is 9.07. The Bertz CT molecular complexity index is 1340. The minimum absolute atomic E-state index is 0.250. The van der Waals surface area contributed by atoms with Crippen LogP contribution in [-0.2, 0) is 4.79 Å². The largest absolute Gasteiger partial charge is 0.483 e. The van der Waals surface area contributed by atoms with Gasteiger partial charge in [-0.15, -0.1) is 0 Å². The lowest BCUT2D eigenvalue weighted by atomic mass is 10.0. The summed E-state index contributed by atoms with van der Waals surface area (Å²) in [5.41, 5.74) is 4.98. The molecule has 5 aromatic rings. The van der Waals surface area contributed by atoms with Gasteiger partial charge in [-0.25, -0.2) is 14.5 Å². The van der Waals surface area contributed by atoms with E-state index in [1.807, 2.05) is 60.1 Å². The molecule has 9 nitrogen and oxygen atoms in total. The van der Waals surface area contributed by atoms with Gasteiger partial charge in [-0.05, 0) is 55.8 Å². The van der Waals surface area contributed by atoms with Crippen LogP contribution >= 0.6 is 0 Å². The quantitative estimate of drug-likeness (QED) is 0.460. The zero-order valence-corrected chi connectivity index (χ0v) is 16.3. The predicted octanol–water partition coefficient (Wildman–Crippen LogP) is 3.55. The van der Waals surface area contributed by atoms with E-state index in [1.165, 1.54) is 6.33 Å². The maximum Gasteiger partial charge on any atom is 0.290 e. The normalized spacial score (nSPS) is 10.6. The lowest BCUT2D eigenvalue weighted by Gasteiger charge is -2.11. The van der Waals surface area contributed by atoms with Crippen molar-refractivity contribution in [2.24, 2.45) is 0 Å². The topological polar surface area (TPSA) is 107 Å². The van der Waals surface area contributed by atoms with Gasteiger partial charge in [0.05, 0.1) is 11.4 Å². The maximum atomic E-state index is 8.36. The molecular formula is C21H18N6O3. The SMILES string of the molecule is Cc1cc(Oc2ncnn3cccc23)ccc1-c1c(C)nc2ncccn12.O=CO. The number of aryl methyl sites for hydroxylation is 2. The van der Waals surface area contributed by atoms with Crippen molar-refractivity contribution >= 4 is 17.8 Å². The molecule has 0 unspecified atom stereocenters. The number of ether oxygens (including phenoxy) is 1. The van der Waals surface area contributed by atoms with Crippen molar-refractivity contribution in [1.29, 1.82) is 0 Å². The van der Waals surface area contributed by atoms with Crippen LogP contribution < -0.4 is 4.74 Å². The highest BCUT2D eigenvalue weighted by Gasteiger charge is 2.14. The van der Waals surface area contributed by atoms with Crippen molar-refractivity contribution in [2.45, 2.75) is 13.8 Å². The Balaban J connectivity index is 0.000000687. The molecule has 0 aliphatic heterocycles. The molecule has 0 spiro atoms. The molecule has 1 N–H and O–H groups in total. The summed E-state index contributed by atoms with van der Waals surface area (Å²) in [6, 6.07) is 11.7. The first-order chi connectivity index (χ1) is 14.6. The molecule has 1 aromatic carbocycles. The van der Waals surface area contributed by atoms with Gasteiger partial charge in [0.1, 0.15) is 17.6 Å². The van der Waals surface area contributed by atoms with Gasteiger partial charge in [-0.2, -0.15) is 10.1 Å². The minimum atomic E-state index is -0.250. The van der Waals surface area contributed by atoms with E-state index in [4.69, 9.17) is 14.6 Å². The molecule has 4 aromatic heterocycles. The zero-order chi connectivity index (χ0) is 21.1. The molecule has 4 heterocycles. The number of carboxylic acid groups (broad SMARTS) is 1. The summed E-state index contributed by atoms with van der Waals surface area (Å²) in [5, 5.41) is 11.0. The van der Waals surface area contributed by atoms with Gasteiger partial charge < -0.3 is 9.84 Å². The number of fused-ring (bicyclic) bond motifs is 2. The molecule has 5 rings (SSSR count). The Labute approximate surface area is 171 Å². The fourth-order valence-corrected chi connectivity index (χ4v) is 3.32. The van der Waals surface area contributed by atoms with Crippen LogP contribution in [-0.4, -0.2) is 40.5 Å². The Morgan fingerprint density at radius 2 is 1.93 bits per heavy atom. The number of benzene rings is 1. The maximum absolute atomic E-state index is 8.36. The van der Waals surface area contributed by atoms with Crippen LogP contribution in [0.15, 0.2) is 61.3 Å². The zero-order valence-electron chi connectivity index (χ0n) is 16.3. The third-order valence-corrected chi connectivity index (χ3v) is 4.54. The summed E-state index contributed by atoms with van der Waals surface area (Å²) in [5.74, 6) is 1.95. The van der Waals surface area contributed by atoms with E-state index in [0.29, 0.717) is 11.7 Å². The van der Waals surface area contributed by atoms with Crippen LogP contribution in [0.3, 0.4) is 0 Å². The number of hydrogen-bond acceptors (Lipinski definition) is 6. The smallest absolute Gasteiger partial charge is 0.290 e. The Morgan fingerprint density at radius 3 is 2.73 bits per heavy atom. The molecule has 30 heavy (non-hydrogen) atoms. The average Bonchev–Trinajstić information content (AvgIpc) is 3.33. The standard InChI is InChI=1S/C20H16N6O.CH2O2/c1-13-11-15(27-19-17-5-3-10-26(17)23-12-22-19)6-7-16(13)18-14(2)24-20-21-8-4-9-25(18)20;2-1-3/h3-12H,1-2H3;1H,(H,2,3). The van der Waals surface area contributed by atoms with Crippen molar-refractivity contribution in [3.63, 3.8) is 0 Å². The molecule has 0 atom stereocenters. The third-order valence-electron chi connectivity index (χ3n) is 4.54. The van der Waals surface area contributed by atoms with Crippen LogP contribution in [0.5, 0.6) is 11.6 Å². The molecule has 0 amide bonds. The van der Waals surface area contributed by atoms with Crippen molar-refractivity contribution < 1.29 is 14.6 Å². The molecule has 0 fully saturated rings. The van der Waals surface area contributed by atoms with Crippen molar-refractivity contribution in [3.05, 3.63) is 72.6 Å². The first kappa shape index (κ1) is 19.1. The van der Waals surface area contributed by atoms with Crippen LogP contribution in [0, 0.1) is 13.8 Å². The average molecular weight is 402 g/mol. The molecule has 9 heteroatoms. The highest BCUT2D eigenvalue weighted by Crippen LogP contribution is 2.31. The van der Waals surface area contributed by atoms with Gasteiger partial charge in [-0.1, -0.05) is 0 Å². The predicted molar refractivity (Wildman–Crippen MR) is 110 cm³/mol. The second-order valence-electron chi connectivity index (χ2n) is 6.42. The van der Waals surface area contributed by atoms with Gasteiger partial charge >= 0.3 is 0 Å².